The van der Waals surface area contributed by atoms with Gasteiger partial charge in [0.1, 0.15) is 6.54 Å². The number of carbonyl (C=O) groups excluding carboxylic acids is 2. The van der Waals surface area contributed by atoms with Gasteiger partial charge in [-0.2, -0.15) is 13.2 Å². The van der Waals surface area contributed by atoms with Crippen LogP contribution in [0, 0.1) is 5.92 Å². The van der Waals surface area contributed by atoms with E-state index >= 15 is 0 Å². The molecule has 1 aliphatic heterocycles. The summed E-state index contributed by atoms with van der Waals surface area (Å²) in [7, 11) is 0. The van der Waals surface area contributed by atoms with E-state index in [4.69, 9.17) is 0 Å². The third-order valence-corrected chi connectivity index (χ3v) is 3.66. The highest BCUT2D eigenvalue weighted by Crippen LogP contribution is 2.25. The molecule has 2 rings (SSSR count). The number of alkyl halides is 3. The van der Waals surface area contributed by atoms with Crippen LogP contribution in [0.3, 0.4) is 0 Å². The van der Waals surface area contributed by atoms with Crippen molar-refractivity contribution in [2.24, 2.45) is 5.92 Å². The summed E-state index contributed by atoms with van der Waals surface area (Å²) in [6.07, 6.45) is -0.568. The fraction of sp³-hybridized carbons (Fsp3) is 0.833. The van der Waals surface area contributed by atoms with Gasteiger partial charge in [0.05, 0.1) is 5.92 Å². The molecule has 0 unspecified atom stereocenters. The van der Waals surface area contributed by atoms with E-state index < -0.39 is 24.5 Å². The monoisotopic (exact) mass is 278 g/mol. The number of amides is 2. The molecule has 2 aliphatic rings. The lowest BCUT2D eigenvalue weighted by Gasteiger charge is -2.19. The number of nitrogens with one attached hydrogen (secondary N) is 1. The average molecular weight is 278 g/mol. The molecule has 1 saturated carbocycles. The molecular weight excluding hydrogens is 261 g/mol. The first kappa shape index (κ1) is 14.1. The standard InChI is InChI=1S/C12H17F3N2O2/c13-12(14,15)7-17-6-8(5-10(17)18)11(19)16-9-3-1-2-4-9/h8-9H,1-7H2,(H,16,19)/t8-/m1/s1. The van der Waals surface area contributed by atoms with Crippen molar-refractivity contribution >= 4 is 11.8 Å². The van der Waals surface area contributed by atoms with Gasteiger partial charge in [-0.1, -0.05) is 12.8 Å². The molecule has 1 aliphatic carbocycles. The van der Waals surface area contributed by atoms with Gasteiger partial charge in [-0.3, -0.25) is 9.59 Å². The van der Waals surface area contributed by atoms with E-state index in [9.17, 15) is 22.8 Å². The molecule has 19 heavy (non-hydrogen) atoms. The van der Waals surface area contributed by atoms with Crippen molar-refractivity contribution in [1.29, 1.82) is 0 Å². The third-order valence-electron chi connectivity index (χ3n) is 3.66. The summed E-state index contributed by atoms with van der Waals surface area (Å²) in [4.78, 5) is 24.1. The number of nitrogens with zero attached hydrogens (tertiary/aromatic N) is 1. The van der Waals surface area contributed by atoms with E-state index in [1.165, 1.54) is 0 Å². The summed E-state index contributed by atoms with van der Waals surface area (Å²) in [5.41, 5.74) is 0. The molecule has 1 N–H and O–H groups in total. The summed E-state index contributed by atoms with van der Waals surface area (Å²) in [5, 5.41) is 2.83. The number of likely N-dealkylation sites (tertiary alicyclic amines) is 1. The number of hydrogen-bond donors (Lipinski definition) is 1. The number of rotatable bonds is 3. The van der Waals surface area contributed by atoms with Gasteiger partial charge in [-0.05, 0) is 12.8 Å². The van der Waals surface area contributed by atoms with Crippen molar-refractivity contribution in [3.8, 4) is 0 Å². The minimum absolute atomic E-state index is 0.116. The summed E-state index contributed by atoms with van der Waals surface area (Å²) < 4.78 is 36.7. The van der Waals surface area contributed by atoms with E-state index in [0.717, 1.165) is 30.6 Å². The number of hydrogen-bond acceptors (Lipinski definition) is 2. The molecule has 1 atom stereocenters. The molecule has 7 heteroatoms. The molecule has 108 valence electrons. The molecular formula is C12H17F3N2O2. The molecule has 2 amide bonds. The lowest BCUT2D eigenvalue weighted by atomic mass is 10.1. The lowest BCUT2D eigenvalue weighted by Crippen LogP contribution is -2.39. The van der Waals surface area contributed by atoms with Gasteiger partial charge in [0.15, 0.2) is 0 Å². The smallest absolute Gasteiger partial charge is 0.353 e. The normalized spacial score (nSPS) is 25.1. The topological polar surface area (TPSA) is 49.4 Å². The van der Waals surface area contributed by atoms with Crippen LogP contribution >= 0.6 is 0 Å². The molecule has 1 heterocycles. The van der Waals surface area contributed by atoms with Crippen LogP contribution < -0.4 is 5.32 Å². The SMILES string of the molecule is O=C(NC1CCCC1)[C@@H]1CC(=O)N(CC(F)(F)F)C1. The van der Waals surface area contributed by atoms with Gasteiger partial charge in [0.2, 0.25) is 11.8 Å². The maximum atomic E-state index is 12.2. The third kappa shape index (κ3) is 3.84. The van der Waals surface area contributed by atoms with Crippen LogP contribution in [-0.2, 0) is 9.59 Å². The Balaban J connectivity index is 1.85. The summed E-state index contributed by atoms with van der Waals surface area (Å²) >= 11 is 0. The van der Waals surface area contributed by atoms with Crippen molar-refractivity contribution in [1.82, 2.24) is 10.2 Å². The predicted octanol–water partition coefficient (Wildman–Crippen LogP) is 1.46. The quantitative estimate of drug-likeness (QED) is 0.849. The summed E-state index contributed by atoms with van der Waals surface area (Å²) in [6.45, 7) is -1.39. The van der Waals surface area contributed by atoms with Crippen molar-refractivity contribution < 1.29 is 22.8 Å². The van der Waals surface area contributed by atoms with Crippen molar-refractivity contribution in [3.05, 3.63) is 0 Å². The highest BCUT2D eigenvalue weighted by atomic mass is 19.4. The minimum Gasteiger partial charge on any atom is -0.353 e. The Kier molecular flexibility index (Phi) is 4.01. The average Bonchev–Trinajstić information content (AvgIpc) is 2.88. The van der Waals surface area contributed by atoms with Crippen LogP contribution in [0.5, 0.6) is 0 Å². The van der Waals surface area contributed by atoms with Crippen LogP contribution in [0.15, 0.2) is 0 Å². The van der Waals surface area contributed by atoms with Gasteiger partial charge < -0.3 is 10.2 Å². The molecule has 4 nitrogen and oxygen atoms in total. The molecule has 0 radical (unpaired) electrons. The fourth-order valence-corrected chi connectivity index (χ4v) is 2.71. The zero-order valence-corrected chi connectivity index (χ0v) is 10.5. The van der Waals surface area contributed by atoms with Crippen LogP contribution in [-0.4, -0.2) is 42.0 Å². The molecule has 1 saturated heterocycles. The van der Waals surface area contributed by atoms with Gasteiger partial charge in [-0.15, -0.1) is 0 Å². The van der Waals surface area contributed by atoms with Crippen molar-refractivity contribution in [3.63, 3.8) is 0 Å². The Bertz CT molecular complexity index is 364. The highest BCUT2D eigenvalue weighted by molar-refractivity contribution is 5.89. The van der Waals surface area contributed by atoms with E-state index in [2.05, 4.69) is 5.32 Å². The Hall–Kier alpha value is -1.27. The van der Waals surface area contributed by atoms with Crippen molar-refractivity contribution in [2.45, 2.75) is 44.3 Å². The second kappa shape index (κ2) is 5.38. The van der Waals surface area contributed by atoms with E-state index in [1.807, 2.05) is 0 Å². The maximum absolute atomic E-state index is 12.2. The molecule has 0 aromatic rings. The van der Waals surface area contributed by atoms with Crippen molar-refractivity contribution in [2.75, 3.05) is 13.1 Å². The van der Waals surface area contributed by atoms with Gasteiger partial charge in [0.25, 0.3) is 0 Å². The van der Waals surface area contributed by atoms with Crippen LogP contribution in [0.25, 0.3) is 0 Å². The molecule has 0 aromatic heterocycles. The zero-order chi connectivity index (χ0) is 14.0. The molecule has 0 spiro atoms. The van der Waals surface area contributed by atoms with Crippen LogP contribution in [0.1, 0.15) is 32.1 Å². The zero-order valence-electron chi connectivity index (χ0n) is 10.5. The maximum Gasteiger partial charge on any atom is 0.406 e. The van der Waals surface area contributed by atoms with Crippen LogP contribution in [0.2, 0.25) is 0 Å². The first-order valence-corrected chi connectivity index (χ1v) is 6.50. The molecule has 0 bridgehead atoms. The minimum atomic E-state index is -4.41. The summed E-state index contributed by atoms with van der Waals surface area (Å²) in [5.74, 6) is -1.52. The molecule has 2 fully saturated rings. The van der Waals surface area contributed by atoms with Crippen LogP contribution in [0.4, 0.5) is 13.2 Å². The lowest BCUT2D eigenvalue weighted by molar-refractivity contribution is -0.157. The first-order valence-electron chi connectivity index (χ1n) is 6.50. The van der Waals surface area contributed by atoms with Gasteiger partial charge in [-0.25, -0.2) is 0 Å². The Morgan fingerprint density at radius 2 is 1.95 bits per heavy atom. The van der Waals surface area contributed by atoms with Gasteiger partial charge >= 0.3 is 6.18 Å². The first-order chi connectivity index (χ1) is 8.85. The number of carbonyl (C=O) groups is 2. The second-order valence-electron chi connectivity index (χ2n) is 5.28. The Labute approximate surface area is 109 Å². The van der Waals surface area contributed by atoms with Gasteiger partial charge in [0, 0.05) is 19.0 Å². The van der Waals surface area contributed by atoms with E-state index in [1.54, 1.807) is 0 Å². The predicted molar refractivity (Wildman–Crippen MR) is 61.1 cm³/mol. The molecule has 0 aromatic carbocycles. The Morgan fingerprint density at radius 3 is 2.53 bits per heavy atom. The summed E-state index contributed by atoms with van der Waals surface area (Å²) in [6, 6.07) is 0.124. The fourth-order valence-electron chi connectivity index (χ4n) is 2.71. The second-order valence-corrected chi connectivity index (χ2v) is 5.28. The largest absolute Gasteiger partial charge is 0.406 e. The van der Waals surface area contributed by atoms with E-state index in [-0.39, 0.29) is 24.9 Å². The Morgan fingerprint density at radius 1 is 1.32 bits per heavy atom. The number of halogens is 3. The highest BCUT2D eigenvalue weighted by Gasteiger charge is 2.40. The van der Waals surface area contributed by atoms with E-state index in [0.29, 0.717) is 0 Å².